The van der Waals surface area contributed by atoms with Crippen molar-refractivity contribution in [3.63, 3.8) is 0 Å². The van der Waals surface area contributed by atoms with Crippen molar-refractivity contribution in [1.82, 2.24) is 25.1 Å². The van der Waals surface area contributed by atoms with Gasteiger partial charge in [0.25, 0.3) is 0 Å². The summed E-state index contributed by atoms with van der Waals surface area (Å²) in [6.07, 6.45) is 3.06. The molecule has 0 atom stereocenters. The Morgan fingerprint density at radius 3 is 2.64 bits per heavy atom. The van der Waals surface area contributed by atoms with Crippen molar-refractivity contribution in [2.24, 2.45) is 0 Å². The first kappa shape index (κ1) is 22.8. The highest BCUT2D eigenvalue weighted by Gasteiger charge is 2.22. The Labute approximate surface area is 197 Å². The minimum atomic E-state index is -0.103. The van der Waals surface area contributed by atoms with Gasteiger partial charge in [-0.25, -0.2) is 9.97 Å². The zero-order valence-electron chi connectivity index (χ0n) is 19.1. The number of H-pyrrole nitrogens is 1. The zero-order chi connectivity index (χ0) is 23.4. The van der Waals surface area contributed by atoms with E-state index in [9.17, 15) is 4.79 Å². The van der Waals surface area contributed by atoms with Gasteiger partial charge in [-0.2, -0.15) is 5.10 Å². The Balaban J connectivity index is 1.70. The molecular formula is C23H27N7O2S. The molecule has 0 saturated carbocycles. The minimum Gasteiger partial charge on any atom is -0.491 e. The van der Waals surface area contributed by atoms with Gasteiger partial charge >= 0.3 is 0 Å². The van der Waals surface area contributed by atoms with Crippen molar-refractivity contribution in [3.05, 3.63) is 47.8 Å². The largest absolute Gasteiger partial charge is 0.491 e. The predicted molar refractivity (Wildman–Crippen MR) is 130 cm³/mol. The maximum absolute atomic E-state index is 11.3. The summed E-state index contributed by atoms with van der Waals surface area (Å²) in [7, 11) is 3.73. The van der Waals surface area contributed by atoms with Crippen LogP contribution in [-0.2, 0) is 4.79 Å². The maximum atomic E-state index is 11.3. The number of rotatable bonds is 7. The summed E-state index contributed by atoms with van der Waals surface area (Å²) in [6.45, 7) is 5.24. The number of carbonyl (C=O) groups is 1. The zero-order valence-corrected chi connectivity index (χ0v) is 19.9. The molecule has 0 bridgehead atoms. The highest BCUT2D eigenvalue weighted by Crippen LogP contribution is 2.38. The molecule has 9 nitrogen and oxygen atoms in total. The number of hydrogen-bond donors (Lipinski definition) is 3. The number of anilines is 3. The summed E-state index contributed by atoms with van der Waals surface area (Å²) in [5.74, 6) is 1.71. The molecular weight excluding hydrogens is 438 g/mol. The average Bonchev–Trinajstić information content (AvgIpc) is 3.19. The van der Waals surface area contributed by atoms with Crippen molar-refractivity contribution in [1.29, 1.82) is 0 Å². The summed E-state index contributed by atoms with van der Waals surface area (Å²) in [6, 6.07) is 9.49. The minimum absolute atomic E-state index is 0.103. The van der Waals surface area contributed by atoms with Gasteiger partial charge < -0.3 is 20.3 Å². The molecule has 0 saturated heterocycles. The van der Waals surface area contributed by atoms with E-state index in [1.54, 1.807) is 7.11 Å². The lowest BCUT2D eigenvalue weighted by Crippen LogP contribution is -2.24. The number of likely N-dealkylation sites (N-methyl/N-ethyl adjacent to an activating group) is 1. The van der Waals surface area contributed by atoms with E-state index in [1.165, 1.54) is 18.7 Å². The molecule has 0 unspecified atom stereocenters. The highest BCUT2D eigenvalue weighted by molar-refractivity contribution is 7.99. The number of amides is 1. The molecule has 33 heavy (non-hydrogen) atoms. The standard InChI is InChI=1S/C23H27N7O2S/c1-14-13-19(29-28-14)25-22-21(32-4)20(16-9-11-30(3)12-10-16)26-23(27-22)33-18-7-5-17(6-8-18)24-15(2)31/h5-9,13H,10-12H2,1-4H3,(H,24,31)(H2,25,26,27,28,29). The molecule has 4 rings (SSSR count). The molecule has 0 fully saturated rings. The fourth-order valence-electron chi connectivity index (χ4n) is 3.48. The van der Waals surface area contributed by atoms with Gasteiger partial charge in [-0.05, 0) is 62.0 Å². The van der Waals surface area contributed by atoms with Gasteiger partial charge in [0.2, 0.25) is 5.91 Å². The average molecular weight is 466 g/mol. The van der Waals surface area contributed by atoms with Gasteiger partial charge in [-0.1, -0.05) is 6.08 Å². The van der Waals surface area contributed by atoms with E-state index in [1.807, 2.05) is 37.3 Å². The topological polar surface area (TPSA) is 108 Å². The van der Waals surface area contributed by atoms with Crippen LogP contribution in [-0.4, -0.2) is 58.2 Å². The SMILES string of the molecule is COc1c(Nc2cc(C)[nH]n2)nc(Sc2ccc(NC(C)=O)cc2)nc1C1=CCN(C)CC1. The van der Waals surface area contributed by atoms with E-state index in [0.717, 1.165) is 47.1 Å². The number of aromatic amines is 1. The fraction of sp³-hybridized carbons (Fsp3) is 0.304. The summed E-state index contributed by atoms with van der Waals surface area (Å²) >= 11 is 1.45. The lowest BCUT2D eigenvalue weighted by molar-refractivity contribution is -0.114. The molecule has 1 amide bonds. The quantitative estimate of drug-likeness (QED) is 0.448. The normalized spacial score (nSPS) is 14.0. The second-order valence-corrected chi connectivity index (χ2v) is 8.89. The molecule has 0 aliphatic carbocycles. The Hall–Kier alpha value is -3.37. The summed E-state index contributed by atoms with van der Waals surface area (Å²) in [4.78, 5) is 24.1. The second kappa shape index (κ2) is 10.1. The van der Waals surface area contributed by atoms with Crippen molar-refractivity contribution in [3.8, 4) is 5.75 Å². The number of methoxy groups -OCH3 is 1. The Morgan fingerprint density at radius 1 is 1.24 bits per heavy atom. The van der Waals surface area contributed by atoms with Crippen molar-refractivity contribution >= 4 is 40.6 Å². The third kappa shape index (κ3) is 5.71. The van der Waals surface area contributed by atoms with Crippen LogP contribution in [0.4, 0.5) is 17.3 Å². The highest BCUT2D eigenvalue weighted by atomic mass is 32.2. The third-order valence-electron chi connectivity index (χ3n) is 5.10. The molecule has 10 heteroatoms. The second-order valence-electron chi connectivity index (χ2n) is 7.85. The van der Waals surface area contributed by atoms with E-state index < -0.39 is 0 Å². The Bertz CT molecular complexity index is 1170. The third-order valence-corrected chi connectivity index (χ3v) is 5.97. The van der Waals surface area contributed by atoms with Crippen LogP contribution in [0.1, 0.15) is 24.7 Å². The van der Waals surface area contributed by atoms with Crippen LogP contribution in [0.2, 0.25) is 0 Å². The van der Waals surface area contributed by atoms with E-state index in [4.69, 9.17) is 14.7 Å². The molecule has 3 N–H and O–H groups in total. The van der Waals surface area contributed by atoms with Gasteiger partial charge in [0, 0.05) is 42.4 Å². The van der Waals surface area contributed by atoms with Crippen molar-refractivity contribution < 1.29 is 9.53 Å². The van der Waals surface area contributed by atoms with Crippen LogP contribution in [0.3, 0.4) is 0 Å². The van der Waals surface area contributed by atoms with E-state index >= 15 is 0 Å². The first-order valence-electron chi connectivity index (χ1n) is 10.6. The molecule has 1 aromatic carbocycles. The fourth-order valence-corrected chi connectivity index (χ4v) is 4.23. The monoisotopic (exact) mass is 465 g/mol. The molecule has 0 radical (unpaired) electrons. The number of benzene rings is 1. The van der Waals surface area contributed by atoms with Crippen LogP contribution in [0, 0.1) is 6.92 Å². The van der Waals surface area contributed by atoms with Crippen molar-refractivity contribution in [2.45, 2.75) is 30.3 Å². The van der Waals surface area contributed by atoms with Gasteiger partial charge in [0.05, 0.1) is 7.11 Å². The molecule has 172 valence electrons. The lowest BCUT2D eigenvalue weighted by atomic mass is 10.0. The molecule has 2 aromatic heterocycles. The van der Waals surface area contributed by atoms with Gasteiger partial charge in [0.1, 0.15) is 5.69 Å². The molecule has 3 heterocycles. The molecule has 1 aliphatic rings. The Morgan fingerprint density at radius 2 is 2.03 bits per heavy atom. The number of carbonyl (C=O) groups excluding carboxylic acids is 1. The number of ether oxygens (including phenoxy) is 1. The van der Waals surface area contributed by atoms with E-state index in [2.05, 4.69) is 38.9 Å². The van der Waals surface area contributed by atoms with E-state index in [0.29, 0.717) is 22.5 Å². The van der Waals surface area contributed by atoms with Crippen molar-refractivity contribution in [2.75, 3.05) is 37.9 Å². The summed E-state index contributed by atoms with van der Waals surface area (Å²) < 4.78 is 5.76. The number of aryl methyl sites for hydroxylation is 1. The van der Waals surface area contributed by atoms with Crippen LogP contribution in [0.25, 0.3) is 5.57 Å². The maximum Gasteiger partial charge on any atom is 0.221 e. The van der Waals surface area contributed by atoms with Gasteiger partial charge in [-0.15, -0.1) is 0 Å². The molecule has 0 spiro atoms. The van der Waals surface area contributed by atoms with Gasteiger partial charge in [0.15, 0.2) is 22.5 Å². The number of aromatic nitrogens is 4. The van der Waals surface area contributed by atoms with Crippen LogP contribution in [0.15, 0.2) is 46.5 Å². The lowest BCUT2D eigenvalue weighted by Gasteiger charge is -2.23. The van der Waals surface area contributed by atoms with Crippen LogP contribution in [0.5, 0.6) is 5.75 Å². The molecule has 1 aliphatic heterocycles. The number of hydrogen-bond acceptors (Lipinski definition) is 8. The first-order valence-corrected chi connectivity index (χ1v) is 11.4. The first-order chi connectivity index (χ1) is 15.9. The smallest absolute Gasteiger partial charge is 0.221 e. The van der Waals surface area contributed by atoms with Gasteiger partial charge in [-0.3, -0.25) is 9.89 Å². The number of nitrogens with zero attached hydrogens (tertiary/aromatic N) is 4. The Kier molecular flexibility index (Phi) is 6.95. The van der Waals surface area contributed by atoms with Crippen LogP contribution >= 0.6 is 11.8 Å². The number of nitrogens with one attached hydrogen (secondary N) is 3. The van der Waals surface area contributed by atoms with Crippen LogP contribution < -0.4 is 15.4 Å². The predicted octanol–water partition coefficient (Wildman–Crippen LogP) is 4.09. The molecule has 3 aromatic rings. The summed E-state index contributed by atoms with van der Waals surface area (Å²) in [5.41, 5.74) is 3.61. The van der Waals surface area contributed by atoms with E-state index in [-0.39, 0.29) is 5.91 Å². The summed E-state index contributed by atoms with van der Waals surface area (Å²) in [5, 5.41) is 13.8.